The molecule has 2 rings (SSSR count). The fourth-order valence-electron chi connectivity index (χ4n) is 2.86. The van der Waals surface area contributed by atoms with Crippen LogP contribution in [0.4, 0.5) is 5.69 Å². The summed E-state index contributed by atoms with van der Waals surface area (Å²) in [5.74, 6) is 0.163. The van der Waals surface area contributed by atoms with Gasteiger partial charge in [0, 0.05) is 17.8 Å². The number of hydrogen-bond acceptors (Lipinski definition) is 3. The van der Waals surface area contributed by atoms with Crippen molar-refractivity contribution in [3.63, 3.8) is 0 Å². The van der Waals surface area contributed by atoms with Crippen molar-refractivity contribution in [1.29, 1.82) is 0 Å². The number of nitrogen functional groups attached to an aromatic ring is 1. The fraction of sp³-hybridized carbons (Fsp3) is 0.562. The standard InChI is InChI=1S/C16H24N2O2/c1-11-7-8-13(17)9-14(11)16(20)18-10-15(19)12-5-3-2-4-6-12/h7-9,12,15,19H,2-6,10,17H2,1H3,(H,18,20). The molecule has 1 aliphatic rings. The van der Waals surface area contributed by atoms with Crippen molar-refractivity contribution in [3.05, 3.63) is 29.3 Å². The van der Waals surface area contributed by atoms with Gasteiger partial charge in [-0.25, -0.2) is 0 Å². The second kappa shape index (κ2) is 6.75. The van der Waals surface area contributed by atoms with Gasteiger partial charge >= 0.3 is 0 Å². The zero-order valence-electron chi connectivity index (χ0n) is 12.1. The second-order valence-electron chi connectivity index (χ2n) is 5.75. The van der Waals surface area contributed by atoms with E-state index >= 15 is 0 Å². The number of carbonyl (C=O) groups excluding carboxylic acids is 1. The molecular weight excluding hydrogens is 252 g/mol. The normalized spacial score (nSPS) is 17.7. The number of aliphatic hydroxyl groups is 1. The van der Waals surface area contributed by atoms with Gasteiger partial charge in [-0.2, -0.15) is 0 Å². The minimum Gasteiger partial charge on any atom is -0.399 e. The highest BCUT2D eigenvalue weighted by molar-refractivity contribution is 5.96. The molecule has 1 atom stereocenters. The molecule has 110 valence electrons. The molecule has 0 aliphatic heterocycles. The average molecular weight is 276 g/mol. The van der Waals surface area contributed by atoms with E-state index in [-0.39, 0.29) is 5.91 Å². The molecular formula is C16H24N2O2. The third kappa shape index (κ3) is 3.73. The van der Waals surface area contributed by atoms with Crippen LogP contribution in [0.2, 0.25) is 0 Å². The molecule has 1 amide bonds. The average Bonchev–Trinajstić information content (AvgIpc) is 2.47. The lowest BCUT2D eigenvalue weighted by molar-refractivity contribution is 0.0738. The van der Waals surface area contributed by atoms with Gasteiger partial charge in [-0.1, -0.05) is 25.3 Å². The van der Waals surface area contributed by atoms with E-state index < -0.39 is 6.10 Å². The molecule has 1 aromatic carbocycles. The summed E-state index contributed by atoms with van der Waals surface area (Å²) in [5.41, 5.74) is 7.76. The summed E-state index contributed by atoms with van der Waals surface area (Å²) in [5, 5.41) is 13.0. The first kappa shape index (κ1) is 14.9. The lowest BCUT2D eigenvalue weighted by atomic mass is 9.85. The molecule has 1 fully saturated rings. The van der Waals surface area contributed by atoms with Crippen LogP contribution in [0, 0.1) is 12.8 Å². The van der Waals surface area contributed by atoms with Crippen LogP contribution >= 0.6 is 0 Å². The van der Waals surface area contributed by atoms with E-state index in [0.29, 0.717) is 23.7 Å². The maximum absolute atomic E-state index is 12.1. The van der Waals surface area contributed by atoms with Gasteiger partial charge in [-0.3, -0.25) is 4.79 Å². The zero-order chi connectivity index (χ0) is 14.5. The predicted molar refractivity (Wildman–Crippen MR) is 80.5 cm³/mol. The number of carbonyl (C=O) groups is 1. The topological polar surface area (TPSA) is 75.4 Å². The van der Waals surface area contributed by atoms with Crippen LogP contribution < -0.4 is 11.1 Å². The third-order valence-electron chi connectivity index (χ3n) is 4.17. The quantitative estimate of drug-likeness (QED) is 0.738. The molecule has 0 saturated heterocycles. The Bertz CT molecular complexity index is 468. The summed E-state index contributed by atoms with van der Waals surface area (Å²) in [4.78, 5) is 12.1. The Labute approximate surface area is 120 Å². The van der Waals surface area contributed by atoms with Crippen molar-refractivity contribution in [3.8, 4) is 0 Å². The monoisotopic (exact) mass is 276 g/mol. The van der Waals surface area contributed by atoms with E-state index in [1.165, 1.54) is 19.3 Å². The first-order chi connectivity index (χ1) is 9.58. The van der Waals surface area contributed by atoms with Crippen molar-refractivity contribution in [2.24, 2.45) is 5.92 Å². The molecule has 1 unspecified atom stereocenters. The predicted octanol–water partition coefficient (Wildman–Crippen LogP) is 2.25. The van der Waals surface area contributed by atoms with Gasteiger partial charge in [0.15, 0.2) is 0 Å². The lowest BCUT2D eigenvalue weighted by Crippen LogP contribution is -2.37. The van der Waals surface area contributed by atoms with E-state index in [1.807, 2.05) is 13.0 Å². The molecule has 4 nitrogen and oxygen atoms in total. The number of benzene rings is 1. The maximum Gasteiger partial charge on any atom is 0.251 e. The molecule has 0 bridgehead atoms. The first-order valence-corrected chi connectivity index (χ1v) is 7.40. The molecule has 1 aliphatic carbocycles. The minimum absolute atomic E-state index is 0.162. The SMILES string of the molecule is Cc1ccc(N)cc1C(=O)NCC(O)C1CCCCC1. The van der Waals surface area contributed by atoms with Crippen LogP contribution in [0.1, 0.15) is 48.0 Å². The highest BCUT2D eigenvalue weighted by Crippen LogP contribution is 2.26. The van der Waals surface area contributed by atoms with Gasteiger partial charge in [0.05, 0.1) is 6.10 Å². The molecule has 1 saturated carbocycles. The Kier molecular flexibility index (Phi) is 5.01. The highest BCUT2D eigenvalue weighted by atomic mass is 16.3. The van der Waals surface area contributed by atoms with Crippen LogP contribution in [0.25, 0.3) is 0 Å². The van der Waals surface area contributed by atoms with Gasteiger partial charge in [0.25, 0.3) is 5.91 Å². The van der Waals surface area contributed by atoms with Crippen molar-refractivity contribution >= 4 is 11.6 Å². The van der Waals surface area contributed by atoms with E-state index in [0.717, 1.165) is 18.4 Å². The summed E-state index contributed by atoms with van der Waals surface area (Å²) >= 11 is 0. The summed E-state index contributed by atoms with van der Waals surface area (Å²) in [6.45, 7) is 2.20. The Balaban J connectivity index is 1.89. The summed E-state index contributed by atoms with van der Waals surface area (Å²) in [6, 6.07) is 5.29. The number of rotatable bonds is 4. The van der Waals surface area contributed by atoms with Crippen molar-refractivity contribution in [2.45, 2.75) is 45.1 Å². The first-order valence-electron chi connectivity index (χ1n) is 7.40. The number of nitrogens with two attached hydrogens (primary N) is 1. The van der Waals surface area contributed by atoms with Gasteiger partial charge in [-0.15, -0.1) is 0 Å². The number of hydrogen-bond donors (Lipinski definition) is 3. The van der Waals surface area contributed by atoms with Crippen molar-refractivity contribution < 1.29 is 9.90 Å². The largest absolute Gasteiger partial charge is 0.399 e. The zero-order valence-corrected chi connectivity index (χ0v) is 12.1. The van der Waals surface area contributed by atoms with Crippen LogP contribution in [0.3, 0.4) is 0 Å². The van der Waals surface area contributed by atoms with Crippen molar-refractivity contribution in [1.82, 2.24) is 5.32 Å². The van der Waals surface area contributed by atoms with E-state index in [4.69, 9.17) is 5.73 Å². The van der Waals surface area contributed by atoms with Crippen LogP contribution in [0.15, 0.2) is 18.2 Å². The van der Waals surface area contributed by atoms with E-state index in [1.54, 1.807) is 12.1 Å². The Morgan fingerprint density at radius 2 is 2.10 bits per heavy atom. The molecule has 0 radical (unpaired) electrons. The van der Waals surface area contributed by atoms with Crippen LogP contribution in [-0.4, -0.2) is 23.7 Å². The minimum atomic E-state index is -0.444. The number of nitrogens with one attached hydrogen (secondary N) is 1. The molecule has 4 heteroatoms. The summed E-state index contributed by atoms with van der Waals surface area (Å²) in [6.07, 6.45) is 5.31. The summed E-state index contributed by atoms with van der Waals surface area (Å²) < 4.78 is 0. The fourth-order valence-corrected chi connectivity index (χ4v) is 2.86. The number of aryl methyl sites for hydroxylation is 1. The highest BCUT2D eigenvalue weighted by Gasteiger charge is 2.22. The Hall–Kier alpha value is -1.55. The molecule has 20 heavy (non-hydrogen) atoms. The molecule has 0 aromatic heterocycles. The number of anilines is 1. The Morgan fingerprint density at radius 1 is 1.40 bits per heavy atom. The molecule has 0 heterocycles. The smallest absolute Gasteiger partial charge is 0.251 e. The molecule has 1 aromatic rings. The van der Waals surface area contributed by atoms with E-state index in [9.17, 15) is 9.90 Å². The number of amides is 1. The van der Waals surface area contributed by atoms with Crippen LogP contribution in [-0.2, 0) is 0 Å². The Morgan fingerprint density at radius 3 is 2.80 bits per heavy atom. The van der Waals surface area contributed by atoms with E-state index in [2.05, 4.69) is 5.32 Å². The van der Waals surface area contributed by atoms with Gasteiger partial charge < -0.3 is 16.2 Å². The van der Waals surface area contributed by atoms with Gasteiger partial charge in [0.1, 0.15) is 0 Å². The van der Waals surface area contributed by atoms with Gasteiger partial charge in [-0.05, 0) is 43.4 Å². The lowest BCUT2D eigenvalue weighted by Gasteiger charge is -2.26. The number of aliphatic hydroxyl groups excluding tert-OH is 1. The van der Waals surface area contributed by atoms with Crippen molar-refractivity contribution in [2.75, 3.05) is 12.3 Å². The molecule has 0 spiro atoms. The van der Waals surface area contributed by atoms with Crippen LogP contribution in [0.5, 0.6) is 0 Å². The maximum atomic E-state index is 12.1. The third-order valence-corrected chi connectivity index (χ3v) is 4.17. The molecule has 4 N–H and O–H groups in total. The van der Waals surface area contributed by atoms with Gasteiger partial charge in [0.2, 0.25) is 0 Å². The second-order valence-corrected chi connectivity index (χ2v) is 5.75. The summed E-state index contributed by atoms with van der Waals surface area (Å²) in [7, 11) is 0.